The summed E-state index contributed by atoms with van der Waals surface area (Å²) in [5, 5.41) is 0. The van der Waals surface area contributed by atoms with Gasteiger partial charge in [-0.3, -0.25) is 4.79 Å². The molecule has 0 amide bonds. The average Bonchev–Trinajstić information content (AvgIpc) is 2.52. The van der Waals surface area contributed by atoms with Crippen molar-refractivity contribution in [2.24, 2.45) is 11.8 Å². The quantitative estimate of drug-likeness (QED) is 0.489. The van der Waals surface area contributed by atoms with Gasteiger partial charge in [-0.15, -0.1) is 0 Å². The van der Waals surface area contributed by atoms with Crippen LogP contribution in [0, 0.1) is 18.8 Å². The minimum atomic E-state index is 0.596. The van der Waals surface area contributed by atoms with Gasteiger partial charge in [-0.25, -0.2) is 0 Å². The number of hydrogen-bond donors (Lipinski definition) is 0. The molecule has 23 heavy (non-hydrogen) atoms. The van der Waals surface area contributed by atoms with Crippen LogP contribution < -0.4 is 4.74 Å². The zero-order valence-electron chi connectivity index (χ0n) is 15.4. The Hall–Kier alpha value is -1.57. The summed E-state index contributed by atoms with van der Waals surface area (Å²) in [6.07, 6.45) is 9.81. The lowest BCUT2D eigenvalue weighted by molar-refractivity contribution is 0.112. The summed E-state index contributed by atoms with van der Waals surface area (Å²) in [5.41, 5.74) is 2.68. The van der Waals surface area contributed by atoms with E-state index in [1.807, 2.05) is 38.1 Å². The minimum Gasteiger partial charge on any atom is -0.493 e. The number of ether oxygens (including phenoxy) is 1. The van der Waals surface area contributed by atoms with Crippen molar-refractivity contribution in [1.29, 1.82) is 0 Å². The second-order valence-corrected chi connectivity index (χ2v) is 6.77. The molecule has 1 atom stereocenters. The van der Waals surface area contributed by atoms with Gasteiger partial charge in [-0.1, -0.05) is 52.2 Å². The Morgan fingerprint density at radius 2 is 1.91 bits per heavy atom. The van der Waals surface area contributed by atoms with E-state index in [1.54, 1.807) is 0 Å². The molecule has 0 saturated heterocycles. The Balaban J connectivity index is 2.74. The van der Waals surface area contributed by atoms with Crippen LogP contribution >= 0.6 is 0 Å². The first-order chi connectivity index (χ1) is 11.0. The molecule has 128 valence electrons. The summed E-state index contributed by atoms with van der Waals surface area (Å²) >= 11 is 0. The molecular formula is C21H32O2. The molecule has 1 aromatic rings. The number of benzene rings is 1. The van der Waals surface area contributed by atoms with Gasteiger partial charge >= 0.3 is 0 Å². The van der Waals surface area contributed by atoms with Crippen LogP contribution in [0.3, 0.4) is 0 Å². The number of aryl methyl sites for hydroxylation is 1. The third kappa shape index (κ3) is 6.60. The predicted molar refractivity (Wildman–Crippen MR) is 99.2 cm³/mol. The fourth-order valence-electron chi connectivity index (χ4n) is 2.71. The van der Waals surface area contributed by atoms with Crippen molar-refractivity contribution < 1.29 is 9.53 Å². The van der Waals surface area contributed by atoms with Crippen molar-refractivity contribution in [3.63, 3.8) is 0 Å². The fourth-order valence-corrected chi connectivity index (χ4v) is 2.71. The van der Waals surface area contributed by atoms with E-state index in [0.29, 0.717) is 5.92 Å². The fraction of sp³-hybridized carbons (Fsp3) is 0.571. The summed E-state index contributed by atoms with van der Waals surface area (Å²) in [6, 6.07) is 3.90. The van der Waals surface area contributed by atoms with Crippen LogP contribution in [0.2, 0.25) is 0 Å². The van der Waals surface area contributed by atoms with E-state index < -0.39 is 0 Å². The molecule has 0 fully saturated rings. The lowest BCUT2D eigenvalue weighted by Crippen LogP contribution is -2.12. The molecule has 0 spiro atoms. The first-order valence-electron chi connectivity index (χ1n) is 8.87. The van der Waals surface area contributed by atoms with Crippen molar-refractivity contribution in [3.8, 4) is 5.75 Å². The van der Waals surface area contributed by atoms with Crippen LogP contribution in [0.25, 0.3) is 6.08 Å². The van der Waals surface area contributed by atoms with Crippen molar-refractivity contribution >= 4 is 12.4 Å². The maximum absolute atomic E-state index is 11.1. The zero-order valence-corrected chi connectivity index (χ0v) is 15.4. The van der Waals surface area contributed by atoms with Gasteiger partial charge in [0.15, 0.2) is 0 Å². The molecule has 0 N–H and O–H groups in total. The van der Waals surface area contributed by atoms with Gasteiger partial charge in [0, 0.05) is 11.1 Å². The van der Waals surface area contributed by atoms with Gasteiger partial charge in [-0.2, -0.15) is 0 Å². The molecule has 0 aliphatic carbocycles. The van der Waals surface area contributed by atoms with Crippen LogP contribution in [-0.4, -0.2) is 12.9 Å². The molecule has 0 aliphatic heterocycles. The minimum absolute atomic E-state index is 0.596. The topological polar surface area (TPSA) is 26.3 Å². The maximum atomic E-state index is 11.1. The van der Waals surface area contributed by atoms with Crippen LogP contribution in [-0.2, 0) is 0 Å². The summed E-state index contributed by atoms with van der Waals surface area (Å²) in [5.74, 6) is 2.25. The van der Waals surface area contributed by atoms with Crippen molar-refractivity contribution in [2.75, 3.05) is 6.61 Å². The molecule has 1 aromatic carbocycles. The average molecular weight is 316 g/mol. The van der Waals surface area contributed by atoms with Crippen molar-refractivity contribution in [3.05, 3.63) is 34.9 Å². The highest BCUT2D eigenvalue weighted by Crippen LogP contribution is 2.26. The van der Waals surface area contributed by atoms with Crippen LogP contribution in [0.15, 0.2) is 18.2 Å². The van der Waals surface area contributed by atoms with E-state index in [1.165, 1.54) is 19.3 Å². The molecule has 2 heteroatoms. The van der Waals surface area contributed by atoms with E-state index in [-0.39, 0.29) is 0 Å². The lowest BCUT2D eigenvalue weighted by atomic mass is 9.97. The zero-order chi connectivity index (χ0) is 17.2. The molecular weight excluding hydrogens is 284 g/mol. The lowest BCUT2D eigenvalue weighted by Gasteiger charge is -2.18. The van der Waals surface area contributed by atoms with Gasteiger partial charge in [0.1, 0.15) is 12.0 Å². The third-order valence-corrected chi connectivity index (χ3v) is 4.32. The third-order valence-electron chi connectivity index (χ3n) is 4.32. The number of carbonyl (C=O) groups excluding carboxylic acids is 1. The Bertz CT molecular complexity index is 515. The molecule has 1 rings (SSSR count). The van der Waals surface area contributed by atoms with Gasteiger partial charge in [0.2, 0.25) is 0 Å². The number of rotatable bonds is 10. The van der Waals surface area contributed by atoms with E-state index in [2.05, 4.69) is 20.8 Å². The smallest absolute Gasteiger partial charge is 0.150 e. The van der Waals surface area contributed by atoms with E-state index in [0.717, 1.165) is 47.7 Å². The second-order valence-electron chi connectivity index (χ2n) is 6.77. The van der Waals surface area contributed by atoms with E-state index in [4.69, 9.17) is 4.74 Å². The summed E-state index contributed by atoms with van der Waals surface area (Å²) < 4.78 is 6.11. The standard InChI is InChI=1S/C21H32O2/c1-6-9-19-13-20(14-22)17(5)12-21(19)23-15-18(7-2)11-8-10-16(3)4/h6,9,12-14,16,18H,7-8,10-11,15H2,1-5H3/b9-6+. The Labute approximate surface area is 141 Å². The SMILES string of the molecule is C/C=C/c1cc(C=O)c(C)cc1OCC(CC)CCCC(C)C. The highest BCUT2D eigenvalue weighted by molar-refractivity contribution is 5.80. The molecule has 2 nitrogen and oxygen atoms in total. The monoisotopic (exact) mass is 316 g/mol. The first-order valence-corrected chi connectivity index (χ1v) is 8.87. The van der Waals surface area contributed by atoms with Gasteiger partial charge < -0.3 is 4.74 Å². The van der Waals surface area contributed by atoms with E-state index >= 15 is 0 Å². The first kappa shape index (κ1) is 19.5. The Morgan fingerprint density at radius 1 is 1.17 bits per heavy atom. The molecule has 0 radical (unpaired) electrons. The van der Waals surface area contributed by atoms with Crippen LogP contribution in [0.5, 0.6) is 5.75 Å². The second kappa shape index (κ2) is 10.3. The van der Waals surface area contributed by atoms with Crippen molar-refractivity contribution in [2.45, 2.75) is 60.3 Å². The molecule has 0 saturated carbocycles. The molecule has 0 aliphatic rings. The van der Waals surface area contributed by atoms with Gasteiger partial charge in [-0.05, 0) is 49.8 Å². The largest absolute Gasteiger partial charge is 0.493 e. The number of carbonyl (C=O) groups is 1. The summed E-state index contributed by atoms with van der Waals surface area (Å²) in [7, 11) is 0. The highest BCUT2D eigenvalue weighted by Gasteiger charge is 2.11. The van der Waals surface area contributed by atoms with Crippen LogP contribution in [0.1, 0.15) is 74.9 Å². The molecule has 0 heterocycles. The normalized spacial score (nSPS) is 12.8. The number of hydrogen-bond acceptors (Lipinski definition) is 2. The molecule has 0 aromatic heterocycles. The van der Waals surface area contributed by atoms with E-state index in [9.17, 15) is 4.79 Å². The van der Waals surface area contributed by atoms with Gasteiger partial charge in [0.05, 0.1) is 6.61 Å². The molecule has 0 bridgehead atoms. The Kier molecular flexibility index (Phi) is 8.68. The summed E-state index contributed by atoms with van der Waals surface area (Å²) in [4.78, 5) is 11.1. The van der Waals surface area contributed by atoms with Gasteiger partial charge in [0.25, 0.3) is 0 Å². The Morgan fingerprint density at radius 3 is 2.48 bits per heavy atom. The molecule has 1 unspecified atom stereocenters. The van der Waals surface area contributed by atoms with Crippen molar-refractivity contribution in [1.82, 2.24) is 0 Å². The summed E-state index contributed by atoms with van der Waals surface area (Å²) in [6.45, 7) is 11.5. The highest BCUT2D eigenvalue weighted by atomic mass is 16.5. The number of aldehydes is 1. The maximum Gasteiger partial charge on any atom is 0.150 e. The predicted octanol–water partition coefficient (Wildman–Crippen LogP) is 6.07. The number of allylic oxidation sites excluding steroid dienone is 1. The van der Waals surface area contributed by atoms with Crippen LogP contribution in [0.4, 0.5) is 0 Å².